The molecule has 1 radical (unpaired) electrons. The van der Waals surface area contributed by atoms with Gasteiger partial charge in [-0.2, -0.15) is 0 Å². The van der Waals surface area contributed by atoms with Crippen molar-refractivity contribution in [2.75, 3.05) is 7.11 Å². The normalized spacial score (nSPS) is 11.7. The first kappa shape index (κ1) is 11.3. The molecule has 55 valence electrons. The van der Waals surface area contributed by atoms with Crippen LogP contribution in [0.2, 0.25) is 0 Å². The first-order valence-corrected chi connectivity index (χ1v) is 3.93. The summed E-state index contributed by atoms with van der Waals surface area (Å²) in [5.41, 5.74) is 0. The molecule has 1 aromatic rings. The second kappa shape index (κ2) is 5.91. The van der Waals surface area contributed by atoms with Gasteiger partial charge >= 0.3 is 0 Å². The number of hydrogen-bond donors (Lipinski definition) is 0. The summed E-state index contributed by atoms with van der Waals surface area (Å²) in [5.74, 6) is 0. The van der Waals surface area contributed by atoms with E-state index in [9.17, 15) is 4.21 Å². The van der Waals surface area contributed by atoms with Crippen molar-refractivity contribution >= 4 is 40.6 Å². The van der Waals surface area contributed by atoms with Gasteiger partial charge in [-0.15, -0.1) is 0 Å². The van der Waals surface area contributed by atoms with Gasteiger partial charge in [0.15, 0.2) is 11.1 Å². The van der Waals surface area contributed by atoms with Crippen LogP contribution in [0.3, 0.4) is 0 Å². The van der Waals surface area contributed by atoms with E-state index in [2.05, 4.69) is 4.18 Å². The van der Waals surface area contributed by atoms with Crippen LogP contribution in [0.1, 0.15) is 0 Å². The first-order chi connectivity index (χ1) is 4.84. The van der Waals surface area contributed by atoms with Gasteiger partial charge in [0.2, 0.25) is 0 Å². The average Bonchev–Trinajstić information content (AvgIpc) is 2.05. The summed E-state index contributed by atoms with van der Waals surface area (Å²) in [6.07, 6.45) is 0. The quantitative estimate of drug-likeness (QED) is 0.632. The molecule has 11 heavy (non-hydrogen) atoms. The van der Waals surface area contributed by atoms with Crippen LogP contribution < -0.4 is 0 Å². The molecule has 0 aromatic heterocycles. The molecule has 1 aromatic carbocycles. The number of rotatable bonds is 2. The van der Waals surface area contributed by atoms with E-state index in [1.54, 1.807) is 12.1 Å². The van der Waals surface area contributed by atoms with E-state index in [0.717, 1.165) is 0 Å². The van der Waals surface area contributed by atoms with Crippen LogP contribution in [0.25, 0.3) is 0 Å². The SMILES string of the molecule is COS(=O)c1ccccc1.[Na]. The summed E-state index contributed by atoms with van der Waals surface area (Å²) < 4.78 is 15.5. The van der Waals surface area contributed by atoms with Crippen LogP contribution in [-0.4, -0.2) is 40.9 Å². The van der Waals surface area contributed by atoms with Gasteiger partial charge in [0, 0.05) is 29.6 Å². The zero-order valence-electron chi connectivity index (χ0n) is 6.61. The maximum absolute atomic E-state index is 10.9. The maximum Gasteiger partial charge on any atom is 0.188 e. The van der Waals surface area contributed by atoms with Crippen molar-refractivity contribution in [3.63, 3.8) is 0 Å². The Morgan fingerprint density at radius 3 is 2.27 bits per heavy atom. The Kier molecular flexibility index (Phi) is 6.09. The molecule has 0 fully saturated rings. The van der Waals surface area contributed by atoms with E-state index < -0.39 is 11.1 Å². The van der Waals surface area contributed by atoms with Crippen LogP contribution >= 0.6 is 0 Å². The third-order valence-electron chi connectivity index (χ3n) is 1.09. The van der Waals surface area contributed by atoms with Gasteiger partial charge in [-0.1, -0.05) is 18.2 Å². The van der Waals surface area contributed by atoms with E-state index in [0.29, 0.717) is 4.90 Å². The second-order valence-electron chi connectivity index (χ2n) is 1.71. The number of hydrogen-bond acceptors (Lipinski definition) is 2. The first-order valence-electron chi connectivity index (χ1n) is 2.86. The van der Waals surface area contributed by atoms with Crippen molar-refractivity contribution in [2.45, 2.75) is 4.90 Å². The van der Waals surface area contributed by atoms with Gasteiger partial charge in [0.25, 0.3) is 0 Å². The monoisotopic (exact) mass is 179 g/mol. The maximum atomic E-state index is 10.9. The Balaban J connectivity index is 0.000001000. The molecule has 0 N–H and O–H groups in total. The van der Waals surface area contributed by atoms with Crippen molar-refractivity contribution < 1.29 is 8.39 Å². The molecule has 0 heterocycles. The number of benzene rings is 1. The Labute approximate surface area is 90.9 Å². The van der Waals surface area contributed by atoms with Crippen LogP contribution in [0.15, 0.2) is 35.2 Å². The average molecular weight is 179 g/mol. The van der Waals surface area contributed by atoms with Crippen molar-refractivity contribution in [3.05, 3.63) is 30.3 Å². The van der Waals surface area contributed by atoms with Crippen LogP contribution in [-0.2, 0) is 15.3 Å². The molecular formula is C7H8NaO2S. The standard InChI is InChI=1S/C7H8O2S.Na/c1-9-10(8)7-5-3-2-4-6-7;/h2-6H,1H3;. The molecule has 0 spiro atoms. The summed E-state index contributed by atoms with van der Waals surface area (Å²) in [5, 5.41) is 0. The molecular weight excluding hydrogens is 171 g/mol. The fourth-order valence-electron chi connectivity index (χ4n) is 0.628. The molecule has 1 unspecified atom stereocenters. The Morgan fingerprint density at radius 2 is 1.82 bits per heavy atom. The molecule has 0 bridgehead atoms. The summed E-state index contributed by atoms with van der Waals surface area (Å²) in [4.78, 5) is 0.699. The summed E-state index contributed by atoms with van der Waals surface area (Å²) in [6.45, 7) is 0. The predicted molar refractivity (Wildman–Crippen MR) is 45.6 cm³/mol. The molecule has 1 rings (SSSR count). The zero-order valence-corrected chi connectivity index (χ0v) is 9.43. The van der Waals surface area contributed by atoms with Crippen molar-refractivity contribution in [3.8, 4) is 0 Å². The molecule has 4 heteroatoms. The molecule has 0 aliphatic heterocycles. The second-order valence-corrected chi connectivity index (χ2v) is 2.99. The van der Waals surface area contributed by atoms with Crippen molar-refractivity contribution in [1.82, 2.24) is 0 Å². The largest absolute Gasteiger partial charge is 0.290 e. The van der Waals surface area contributed by atoms with Crippen LogP contribution in [0, 0.1) is 0 Å². The van der Waals surface area contributed by atoms with Crippen LogP contribution in [0.4, 0.5) is 0 Å². The van der Waals surface area contributed by atoms with Gasteiger partial charge in [-0.3, -0.25) is 4.18 Å². The van der Waals surface area contributed by atoms with Crippen molar-refractivity contribution in [2.24, 2.45) is 0 Å². The van der Waals surface area contributed by atoms with Crippen molar-refractivity contribution in [1.29, 1.82) is 0 Å². The smallest absolute Gasteiger partial charge is 0.188 e. The third-order valence-corrected chi connectivity index (χ3v) is 2.05. The molecule has 0 amide bonds. The van der Waals surface area contributed by atoms with Gasteiger partial charge in [-0.25, -0.2) is 4.21 Å². The molecule has 2 nitrogen and oxygen atoms in total. The Hall–Kier alpha value is 0.330. The summed E-state index contributed by atoms with van der Waals surface area (Å²) in [6, 6.07) is 9.05. The summed E-state index contributed by atoms with van der Waals surface area (Å²) >= 11 is -1.29. The fourth-order valence-corrected chi connectivity index (χ4v) is 1.20. The summed E-state index contributed by atoms with van der Waals surface area (Å²) in [7, 11) is 1.42. The Morgan fingerprint density at radius 1 is 1.27 bits per heavy atom. The Bertz CT molecular complexity index is 225. The minimum atomic E-state index is -1.29. The third kappa shape index (κ3) is 3.49. The van der Waals surface area contributed by atoms with E-state index in [4.69, 9.17) is 0 Å². The van der Waals surface area contributed by atoms with Gasteiger partial charge in [-0.05, 0) is 12.1 Å². The minimum Gasteiger partial charge on any atom is -0.290 e. The molecule has 0 saturated carbocycles. The van der Waals surface area contributed by atoms with E-state index in [1.807, 2.05) is 18.2 Å². The molecule has 0 saturated heterocycles. The van der Waals surface area contributed by atoms with Gasteiger partial charge < -0.3 is 0 Å². The predicted octanol–water partition coefficient (Wildman–Crippen LogP) is 0.975. The van der Waals surface area contributed by atoms with Crippen LogP contribution in [0.5, 0.6) is 0 Å². The minimum absolute atomic E-state index is 0. The van der Waals surface area contributed by atoms with E-state index >= 15 is 0 Å². The van der Waals surface area contributed by atoms with E-state index in [-0.39, 0.29) is 29.6 Å². The molecule has 0 aliphatic carbocycles. The van der Waals surface area contributed by atoms with Gasteiger partial charge in [0.05, 0.1) is 12.0 Å². The molecule has 0 aliphatic rings. The van der Waals surface area contributed by atoms with Gasteiger partial charge in [0.1, 0.15) is 0 Å². The topological polar surface area (TPSA) is 26.3 Å². The van der Waals surface area contributed by atoms with E-state index in [1.165, 1.54) is 7.11 Å². The molecule has 1 atom stereocenters. The zero-order chi connectivity index (χ0) is 7.40. The fraction of sp³-hybridized carbons (Fsp3) is 0.143.